The van der Waals surface area contributed by atoms with Gasteiger partial charge in [-0.3, -0.25) is 0 Å². The van der Waals surface area contributed by atoms with Gasteiger partial charge in [0.2, 0.25) is 0 Å². The zero-order valence-corrected chi connectivity index (χ0v) is 20.9. The highest BCUT2D eigenvalue weighted by atomic mass is 79.9. The molecule has 0 bridgehead atoms. The Labute approximate surface area is 191 Å². The van der Waals surface area contributed by atoms with Crippen molar-refractivity contribution >= 4 is 15.9 Å². The van der Waals surface area contributed by atoms with Crippen LogP contribution in [0.4, 0.5) is 0 Å². The number of halogens is 1. The summed E-state index contributed by atoms with van der Waals surface area (Å²) in [5, 5.41) is 0. The van der Waals surface area contributed by atoms with Crippen LogP contribution >= 0.6 is 15.9 Å². The maximum Gasteiger partial charge on any atom is 0.188 e. The van der Waals surface area contributed by atoms with Crippen LogP contribution in [0.15, 0.2) is 51.6 Å². The second kappa shape index (κ2) is 15.3. The highest BCUT2D eigenvalue weighted by molar-refractivity contribution is 9.10. The second-order valence-electron chi connectivity index (χ2n) is 7.66. The van der Waals surface area contributed by atoms with Crippen molar-refractivity contribution in [2.24, 2.45) is 0 Å². The van der Waals surface area contributed by atoms with E-state index in [0.29, 0.717) is 0 Å². The average molecular weight is 481 g/mol. The summed E-state index contributed by atoms with van der Waals surface area (Å²) in [5.74, 6) is 1.52. The van der Waals surface area contributed by atoms with E-state index in [9.17, 15) is 0 Å². The Hall–Kier alpha value is -1.56. The normalized spacial score (nSPS) is 12.1. The SMILES string of the molecule is COCOc1cc(C/C=C(/C)CC/C=C(\C)CCC=C(C)C)c(OCOC)cc1Br. The molecular formula is C25H37BrO4. The van der Waals surface area contributed by atoms with E-state index < -0.39 is 0 Å². The molecule has 5 heteroatoms. The first-order chi connectivity index (χ1) is 14.4. The van der Waals surface area contributed by atoms with E-state index in [1.54, 1.807) is 14.2 Å². The zero-order valence-electron chi connectivity index (χ0n) is 19.3. The van der Waals surface area contributed by atoms with Gasteiger partial charge in [0, 0.05) is 19.8 Å². The fourth-order valence-corrected chi connectivity index (χ4v) is 3.29. The van der Waals surface area contributed by atoms with Gasteiger partial charge in [-0.25, -0.2) is 0 Å². The quantitative estimate of drug-likeness (QED) is 0.205. The molecule has 1 rings (SSSR count). The number of allylic oxidation sites excluding steroid dienone is 6. The molecule has 1 aromatic carbocycles. The molecule has 4 nitrogen and oxygen atoms in total. The second-order valence-corrected chi connectivity index (χ2v) is 8.51. The van der Waals surface area contributed by atoms with Gasteiger partial charge in [-0.1, -0.05) is 34.9 Å². The van der Waals surface area contributed by atoms with E-state index in [2.05, 4.69) is 61.9 Å². The molecule has 0 aromatic heterocycles. The van der Waals surface area contributed by atoms with Crippen LogP contribution in [0.25, 0.3) is 0 Å². The summed E-state index contributed by atoms with van der Waals surface area (Å²) in [6.45, 7) is 9.11. The Bertz CT molecular complexity index is 731. The molecule has 1 aromatic rings. The van der Waals surface area contributed by atoms with Crippen molar-refractivity contribution in [1.82, 2.24) is 0 Å². The van der Waals surface area contributed by atoms with Gasteiger partial charge in [-0.2, -0.15) is 0 Å². The standard InChI is InChI=1S/C25H37BrO4/c1-19(2)9-7-10-20(3)11-8-12-21(4)13-14-22-15-25(30-18-28-6)23(26)16-24(22)29-17-27-5/h9,11,13,15-16H,7-8,10,12,14,17-18H2,1-6H3/b20-11+,21-13-. The molecule has 0 radical (unpaired) electrons. The molecule has 30 heavy (non-hydrogen) atoms. The first-order valence-electron chi connectivity index (χ1n) is 10.4. The molecule has 0 heterocycles. The minimum atomic E-state index is 0.199. The molecule has 0 spiro atoms. The van der Waals surface area contributed by atoms with Crippen molar-refractivity contribution < 1.29 is 18.9 Å². The van der Waals surface area contributed by atoms with E-state index >= 15 is 0 Å². The summed E-state index contributed by atoms with van der Waals surface area (Å²) in [6.07, 6.45) is 12.1. The van der Waals surface area contributed by atoms with Gasteiger partial charge in [0.25, 0.3) is 0 Å². The van der Waals surface area contributed by atoms with Crippen LogP contribution in [0.5, 0.6) is 11.5 Å². The summed E-state index contributed by atoms with van der Waals surface area (Å²) < 4.78 is 22.3. The highest BCUT2D eigenvalue weighted by Gasteiger charge is 2.10. The molecule has 0 aliphatic rings. The van der Waals surface area contributed by atoms with Crippen LogP contribution in [-0.4, -0.2) is 27.8 Å². The predicted octanol–water partition coefficient (Wildman–Crippen LogP) is 7.38. The lowest BCUT2D eigenvalue weighted by molar-refractivity contribution is 0.0474. The molecule has 0 saturated carbocycles. The summed E-state index contributed by atoms with van der Waals surface area (Å²) in [7, 11) is 3.22. The van der Waals surface area contributed by atoms with Crippen molar-refractivity contribution in [2.45, 2.75) is 59.8 Å². The minimum Gasteiger partial charge on any atom is -0.467 e. The maximum absolute atomic E-state index is 5.74. The molecular weight excluding hydrogens is 444 g/mol. The third-order valence-corrected chi connectivity index (χ3v) is 5.19. The van der Waals surface area contributed by atoms with E-state index in [4.69, 9.17) is 18.9 Å². The number of ether oxygens (including phenoxy) is 4. The van der Waals surface area contributed by atoms with Gasteiger partial charge in [0.15, 0.2) is 13.6 Å². The molecule has 0 unspecified atom stereocenters. The molecule has 0 fully saturated rings. The van der Waals surface area contributed by atoms with E-state index in [0.717, 1.165) is 53.6 Å². The fourth-order valence-electron chi connectivity index (χ4n) is 2.85. The van der Waals surface area contributed by atoms with Gasteiger partial charge >= 0.3 is 0 Å². The summed E-state index contributed by atoms with van der Waals surface area (Å²) in [4.78, 5) is 0. The number of hydrogen-bond acceptors (Lipinski definition) is 4. The average Bonchev–Trinajstić information content (AvgIpc) is 2.70. The largest absolute Gasteiger partial charge is 0.467 e. The van der Waals surface area contributed by atoms with Gasteiger partial charge in [-0.05, 0) is 87.9 Å². The highest BCUT2D eigenvalue weighted by Crippen LogP contribution is 2.34. The Morgan fingerprint density at radius 2 is 1.37 bits per heavy atom. The lowest BCUT2D eigenvalue weighted by Gasteiger charge is -2.14. The third kappa shape index (κ3) is 11.0. The van der Waals surface area contributed by atoms with Crippen molar-refractivity contribution in [3.05, 3.63) is 57.1 Å². The van der Waals surface area contributed by atoms with Crippen LogP contribution < -0.4 is 9.47 Å². The molecule has 0 aliphatic carbocycles. The molecule has 0 atom stereocenters. The summed E-state index contributed by atoms with van der Waals surface area (Å²) in [5.41, 5.74) is 5.26. The number of benzene rings is 1. The lowest BCUT2D eigenvalue weighted by atomic mass is 10.0. The lowest BCUT2D eigenvalue weighted by Crippen LogP contribution is -2.04. The number of hydrogen-bond donors (Lipinski definition) is 0. The van der Waals surface area contributed by atoms with Crippen LogP contribution in [0.3, 0.4) is 0 Å². The van der Waals surface area contributed by atoms with Crippen LogP contribution in [0.1, 0.15) is 58.9 Å². The minimum absolute atomic E-state index is 0.199. The Morgan fingerprint density at radius 3 is 1.97 bits per heavy atom. The zero-order chi connectivity index (χ0) is 22.4. The Balaban J connectivity index is 2.74. The maximum atomic E-state index is 5.74. The van der Waals surface area contributed by atoms with Gasteiger partial charge < -0.3 is 18.9 Å². The van der Waals surface area contributed by atoms with Gasteiger partial charge in [0.1, 0.15) is 11.5 Å². The predicted molar refractivity (Wildman–Crippen MR) is 128 cm³/mol. The summed E-state index contributed by atoms with van der Waals surface area (Å²) >= 11 is 3.53. The van der Waals surface area contributed by atoms with Crippen molar-refractivity contribution in [2.75, 3.05) is 27.8 Å². The monoisotopic (exact) mass is 480 g/mol. The van der Waals surface area contributed by atoms with Crippen LogP contribution in [0.2, 0.25) is 0 Å². The molecule has 0 saturated heterocycles. The van der Waals surface area contributed by atoms with Crippen molar-refractivity contribution in [3.63, 3.8) is 0 Å². The Kier molecular flexibility index (Phi) is 13.5. The van der Waals surface area contributed by atoms with Gasteiger partial charge in [0.05, 0.1) is 4.47 Å². The third-order valence-electron chi connectivity index (χ3n) is 4.57. The van der Waals surface area contributed by atoms with E-state index in [1.807, 2.05) is 12.1 Å². The topological polar surface area (TPSA) is 36.9 Å². The van der Waals surface area contributed by atoms with Gasteiger partial charge in [-0.15, -0.1) is 0 Å². The summed E-state index contributed by atoms with van der Waals surface area (Å²) in [6, 6.07) is 3.91. The smallest absolute Gasteiger partial charge is 0.188 e. The van der Waals surface area contributed by atoms with Crippen LogP contribution in [-0.2, 0) is 15.9 Å². The van der Waals surface area contributed by atoms with E-state index in [1.165, 1.54) is 16.7 Å². The Morgan fingerprint density at radius 1 is 0.800 bits per heavy atom. The molecule has 0 aliphatic heterocycles. The first-order valence-corrected chi connectivity index (χ1v) is 11.2. The molecule has 0 amide bonds. The number of methoxy groups -OCH3 is 2. The van der Waals surface area contributed by atoms with Crippen molar-refractivity contribution in [3.8, 4) is 11.5 Å². The van der Waals surface area contributed by atoms with E-state index in [-0.39, 0.29) is 13.6 Å². The fraction of sp³-hybridized carbons (Fsp3) is 0.520. The number of rotatable bonds is 14. The van der Waals surface area contributed by atoms with Crippen LogP contribution in [0, 0.1) is 0 Å². The molecule has 168 valence electrons. The first kappa shape index (κ1) is 26.5. The van der Waals surface area contributed by atoms with Crippen molar-refractivity contribution in [1.29, 1.82) is 0 Å². The molecule has 0 N–H and O–H groups in total.